The van der Waals surface area contributed by atoms with Crippen LogP contribution in [0.15, 0.2) is 12.1 Å². The monoisotopic (exact) mass is 399 g/mol. The van der Waals surface area contributed by atoms with Gasteiger partial charge in [0.15, 0.2) is 11.5 Å². The van der Waals surface area contributed by atoms with Crippen LogP contribution in [0.25, 0.3) is 0 Å². The van der Waals surface area contributed by atoms with Crippen molar-refractivity contribution in [2.24, 2.45) is 17.1 Å². The standard InChI is InChI=1S/C19H29N3O4.ClH/c1-19(2,3)18(24)22-14-9-16(26-5)15(25-4)8-12(14)17(23)21-10-13(20)11-6-7-11;/h8-9,11,13H,6-7,10,20H2,1-5H3,(H,21,23)(H,22,24);1H. The number of carbonyl (C=O) groups excluding carboxylic acids is 2. The number of hydrogen-bond donors (Lipinski definition) is 3. The van der Waals surface area contributed by atoms with E-state index >= 15 is 0 Å². The predicted octanol–water partition coefficient (Wildman–Crippen LogP) is 2.58. The van der Waals surface area contributed by atoms with Crippen LogP contribution in [0.2, 0.25) is 0 Å². The molecule has 1 aromatic carbocycles. The Bertz CT molecular complexity index is 684. The molecule has 1 aliphatic rings. The number of rotatable bonds is 7. The number of nitrogens with one attached hydrogen (secondary N) is 2. The first kappa shape index (κ1) is 23.0. The fourth-order valence-corrected chi connectivity index (χ4v) is 2.48. The third kappa shape index (κ3) is 6.01. The van der Waals surface area contributed by atoms with Crippen molar-refractivity contribution in [2.75, 3.05) is 26.1 Å². The largest absolute Gasteiger partial charge is 0.493 e. The second-order valence-electron chi connectivity index (χ2n) is 7.67. The number of halogens is 1. The molecule has 1 saturated carbocycles. The van der Waals surface area contributed by atoms with Crippen molar-refractivity contribution in [3.8, 4) is 11.5 Å². The molecule has 7 nitrogen and oxygen atoms in total. The van der Waals surface area contributed by atoms with Gasteiger partial charge in [-0.15, -0.1) is 12.4 Å². The Kier molecular flexibility index (Phi) is 7.92. The molecule has 2 rings (SSSR count). The van der Waals surface area contributed by atoms with Gasteiger partial charge in [0.25, 0.3) is 5.91 Å². The van der Waals surface area contributed by atoms with E-state index in [4.69, 9.17) is 15.2 Å². The molecule has 1 atom stereocenters. The number of carbonyl (C=O) groups is 2. The Morgan fingerprint density at radius 1 is 1.19 bits per heavy atom. The van der Waals surface area contributed by atoms with Gasteiger partial charge < -0.3 is 25.8 Å². The summed E-state index contributed by atoms with van der Waals surface area (Å²) in [5, 5.41) is 5.66. The van der Waals surface area contributed by atoms with Crippen molar-refractivity contribution in [1.29, 1.82) is 0 Å². The molecule has 0 aromatic heterocycles. The number of hydrogen-bond acceptors (Lipinski definition) is 5. The minimum Gasteiger partial charge on any atom is -0.493 e. The van der Waals surface area contributed by atoms with E-state index in [0.717, 1.165) is 12.8 Å². The summed E-state index contributed by atoms with van der Waals surface area (Å²) in [6.45, 7) is 5.80. The van der Waals surface area contributed by atoms with Crippen LogP contribution in [0.3, 0.4) is 0 Å². The number of anilines is 1. The van der Waals surface area contributed by atoms with E-state index in [9.17, 15) is 9.59 Å². The van der Waals surface area contributed by atoms with Crippen molar-refractivity contribution < 1.29 is 19.1 Å². The lowest BCUT2D eigenvalue weighted by molar-refractivity contribution is -0.123. The molecule has 1 unspecified atom stereocenters. The fourth-order valence-electron chi connectivity index (χ4n) is 2.48. The topological polar surface area (TPSA) is 103 Å². The third-order valence-electron chi connectivity index (χ3n) is 4.42. The minimum absolute atomic E-state index is 0. The van der Waals surface area contributed by atoms with Gasteiger partial charge in [-0.25, -0.2) is 0 Å². The van der Waals surface area contributed by atoms with Crippen LogP contribution in [-0.4, -0.2) is 38.6 Å². The molecule has 0 saturated heterocycles. The first-order chi connectivity index (χ1) is 12.2. The predicted molar refractivity (Wildman–Crippen MR) is 108 cm³/mol. The number of methoxy groups -OCH3 is 2. The molecule has 8 heteroatoms. The highest BCUT2D eigenvalue weighted by Crippen LogP contribution is 2.34. The molecule has 0 radical (unpaired) electrons. The van der Waals surface area contributed by atoms with Gasteiger partial charge in [0, 0.05) is 24.1 Å². The summed E-state index contributed by atoms with van der Waals surface area (Å²) >= 11 is 0. The quantitative estimate of drug-likeness (QED) is 0.653. The van der Waals surface area contributed by atoms with Crippen LogP contribution in [-0.2, 0) is 4.79 Å². The van der Waals surface area contributed by atoms with Crippen molar-refractivity contribution in [1.82, 2.24) is 5.32 Å². The lowest BCUT2D eigenvalue weighted by Gasteiger charge is -2.21. The summed E-state index contributed by atoms with van der Waals surface area (Å²) in [6, 6.07) is 3.11. The maximum Gasteiger partial charge on any atom is 0.253 e. The summed E-state index contributed by atoms with van der Waals surface area (Å²) in [7, 11) is 3.00. The highest BCUT2D eigenvalue weighted by atomic mass is 35.5. The SMILES string of the molecule is COc1cc(NC(=O)C(C)(C)C)c(C(=O)NCC(N)C2CC2)cc1OC.Cl. The highest BCUT2D eigenvalue weighted by molar-refractivity contribution is 6.05. The molecule has 152 valence electrons. The van der Waals surface area contributed by atoms with Crippen LogP contribution < -0.4 is 25.8 Å². The molecule has 0 bridgehead atoms. The summed E-state index contributed by atoms with van der Waals surface area (Å²) in [6.07, 6.45) is 2.22. The molecule has 1 aliphatic carbocycles. The van der Waals surface area contributed by atoms with Crippen molar-refractivity contribution in [2.45, 2.75) is 39.7 Å². The summed E-state index contributed by atoms with van der Waals surface area (Å²) in [5.41, 5.74) is 6.14. The zero-order chi connectivity index (χ0) is 19.5. The van der Waals surface area contributed by atoms with E-state index < -0.39 is 5.41 Å². The molecule has 4 N–H and O–H groups in total. The number of amides is 2. The lowest BCUT2D eigenvalue weighted by atomic mass is 9.95. The normalized spacial score (nSPS) is 14.6. The molecular weight excluding hydrogens is 370 g/mol. The molecule has 0 aliphatic heterocycles. The van der Waals surface area contributed by atoms with Gasteiger partial charge in [-0.05, 0) is 24.8 Å². The van der Waals surface area contributed by atoms with Crippen LogP contribution in [0.1, 0.15) is 44.0 Å². The van der Waals surface area contributed by atoms with Gasteiger partial charge in [-0.1, -0.05) is 20.8 Å². The number of ether oxygens (including phenoxy) is 2. The van der Waals surface area contributed by atoms with E-state index in [-0.39, 0.29) is 30.3 Å². The molecular formula is C19H30ClN3O4. The fraction of sp³-hybridized carbons (Fsp3) is 0.579. The molecule has 0 heterocycles. The Hall–Kier alpha value is -1.99. The summed E-state index contributed by atoms with van der Waals surface area (Å²) in [5.74, 6) is 0.821. The average Bonchev–Trinajstić information content (AvgIpc) is 3.43. The first-order valence-electron chi connectivity index (χ1n) is 8.78. The molecule has 1 aromatic rings. The number of nitrogens with two attached hydrogens (primary N) is 1. The molecule has 1 fully saturated rings. The maximum atomic E-state index is 12.7. The van der Waals surface area contributed by atoms with E-state index in [1.165, 1.54) is 14.2 Å². The van der Waals surface area contributed by atoms with E-state index in [0.29, 0.717) is 35.2 Å². The van der Waals surface area contributed by atoms with Gasteiger partial charge in [-0.3, -0.25) is 9.59 Å². The zero-order valence-electron chi connectivity index (χ0n) is 16.5. The third-order valence-corrected chi connectivity index (χ3v) is 4.42. The second kappa shape index (κ2) is 9.28. The Labute approximate surface area is 166 Å². The van der Waals surface area contributed by atoms with E-state index in [1.54, 1.807) is 32.9 Å². The smallest absolute Gasteiger partial charge is 0.253 e. The molecule has 27 heavy (non-hydrogen) atoms. The van der Waals surface area contributed by atoms with Crippen LogP contribution in [0.4, 0.5) is 5.69 Å². The van der Waals surface area contributed by atoms with Gasteiger partial charge in [-0.2, -0.15) is 0 Å². The Morgan fingerprint density at radius 2 is 1.74 bits per heavy atom. The Balaban J connectivity index is 0.00000364. The van der Waals surface area contributed by atoms with Crippen molar-refractivity contribution >= 4 is 29.9 Å². The van der Waals surface area contributed by atoms with Crippen LogP contribution in [0, 0.1) is 11.3 Å². The molecule has 2 amide bonds. The number of benzene rings is 1. The zero-order valence-corrected chi connectivity index (χ0v) is 17.4. The Morgan fingerprint density at radius 3 is 2.22 bits per heavy atom. The maximum absolute atomic E-state index is 12.7. The van der Waals surface area contributed by atoms with Crippen molar-refractivity contribution in [3.63, 3.8) is 0 Å². The van der Waals surface area contributed by atoms with Gasteiger partial charge in [0.05, 0.1) is 25.5 Å². The lowest BCUT2D eigenvalue weighted by Crippen LogP contribution is -2.39. The summed E-state index contributed by atoms with van der Waals surface area (Å²) in [4.78, 5) is 25.1. The minimum atomic E-state index is -0.602. The molecule has 0 spiro atoms. The highest BCUT2D eigenvalue weighted by Gasteiger charge is 2.29. The summed E-state index contributed by atoms with van der Waals surface area (Å²) < 4.78 is 10.6. The average molecular weight is 400 g/mol. The second-order valence-corrected chi connectivity index (χ2v) is 7.67. The van der Waals surface area contributed by atoms with Gasteiger partial charge in [0.2, 0.25) is 5.91 Å². The van der Waals surface area contributed by atoms with E-state index in [1.807, 2.05) is 0 Å². The first-order valence-corrected chi connectivity index (χ1v) is 8.78. The van der Waals surface area contributed by atoms with Crippen LogP contribution in [0.5, 0.6) is 11.5 Å². The van der Waals surface area contributed by atoms with Crippen molar-refractivity contribution in [3.05, 3.63) is 17.7 Å². The van der Waals surface area contributed by atoms with E-state index in [2.05, 4.69) is 10.6 Å². The van der Waals surface area contributed by atoms with Gasteiger partial charge in [0.1, 0.15) is 0 Å². The van der Waals surface area contributed by atoms with Crippen LogP contribution >= 0.6 is 12.4 Å². The van der Waals surface area contributed by atoms with Gasteiger partial charge >= 0.3 is 0 Å².